The maximum Gasteiger partial charge on any atom is 0.410 e. The largest absolute Gasteiger partial charge is 0.436 e. The van der Waals surface area contributed by atoms with Crippen molar-refractivity contribution in [3.05, 3.63) is 33.5 Å². The number of ether oxygens (including phenoxy) is 1. The smallest absolute Gasteiger partial charge is 0.410 e. The minimum atomic E-state index is -0.526. The highest BCUT2D eigenvalue weighted by atomic mass is 32.1. The molecular weight excluding hydrogens is 396 g/mol. The molecule has 29 heavy (non-hydrogen) atoms. The third-order valence-corrected chi connectivity index (χ3v) is 5.37. The van der Waals surface area contributed by atoms with Crippen LogP contribution in [0.1, 0.15) is 50.4 Å². The van der Waals surface area contributed by atoms with E-state index in [-0.39, 0.29) is 23.9 Å². The quantitative estimate of drug-likeness (QED) is 0.507. The number of thiazole rings is 1. The first-order valence-corrected chi connectivity index (χ1v) is 9.79. The van der Waals surface area contributed by atoms with Gasteiger partial charge in [-0.25, -0.2) is 9.78 Å². The summed E-state index contributed by atoms with van der Waals surface area (Å²) < 4.78 is 4.93. The van der Waals surface area contributed by atoms with E-state index in [4.69, 9.17) is 11.2 Å². The van der Waals surface area contributed by atoms with Crippen LogP contribution in [0.4, 0.5) is 4.79 Å². The van der Waals surface area contributed by atoms with E-state index < -0.39 is 17.9 Å². The average molecular weight is 416 g/mol. The number of likely N-dealkylation sites (tertiary alicyclic amines) is 1. The Balaban J connectivity index is 1.49. The van der Waals surface area contributed by atoms with E-state index in [2.05, 4.69) is 32.0 Å². The number of amides is 3. The number of terminal acetylenes is 1. The number of carbonyl (C=O) groups is 3. The topological polar surface area (TPSA) is 129 Å². The Labute approximate surface area is 171 Å². The monoisotopic (exact) mass is 416 g/mol. The summed E-state index contributed by atoms with van der Waals surface area (Å²) in [7, 11) is 0. The summed E-state index contributed by atoms with van der Waals surface area (Å²) in [6.45, 7) is 2.80. The van der Waals surface area contributed by atoms with Crippen molar-refractivity contribution in [3.8, 4) is 12.3 Å². The Kier molecular flexibility index (Phi) is 6.46. The van der Waals surface area contributed by atoms with Crippen molar-refractivity contribution >= 4 is 29.2 Å². The third kappa shape index (κ3) is 5.11. The summed E-state index contributed by atoms with van der Waals surface area (Å²) in [6, 6.07) is 1.57. The number of aromatic amines is 1. The van der Waals surface area contributed by atoms with Crippen molar-refractivity contribution in [3.63, 3.8) is 0 Å². The van der Waals surface area contributed by atoms with Crippen LogP contribution in [0.2, 0.25) is 0 Å². The molecule has 2 aromatic rings. The number of piperidine rings is 1. The van der Waals surface area contributed by atoms with Crippen LogP contribution >= 0.6 is 11.3 Å². The summed E-state index contributed by atoms with van der Waals surface area (Å²) in [5.74, 6) is 1.38. The van der Waals surface area contributed by atoms with Crippen LogP contribution in [0.25, 0.3) is 0 Å². The molecule has 0 bridgehead atoms. The van der Waals surface area contributed by atoms with E-state index in [0.717, 1.165) is 23.5 Å². The number of aromatic nitrogens is 3. The van der Waals surface area contributed by atoms with Gasteiger partial charge >= 0.3 is 6.09 Å². The summed E-state index contributed by atoms with van der Waals surface area (Å²) >= 11 is 1.38. The van der Waals surface area contributed by atoms with Gasteiger partial charge in [0.15, 0.2) is 12.3 Å². The van der Waals surface area contributed by atoms with Crippen LogP contribution in [-0.2, 0) is 4.74 Å². The second-order valence-corrected chi connectivity index (χ2v) is 7.33. The minimum absolute atomic E-state index is 0.0417. The zero-order valence-corrected chi connectivity index (χ0v) is 16.5. The molecule has 3 rings (SSSR count). The molecule has 3 amide bonds. The summed E-state index contributed by atoms with van der Waals surface area (Å²) in [5, 5.41) is 8.93. The number of nitrogens with one attached hydrogen (secondary N) is 3. The minimum Gasteiger partial charge on any atom is -0.436 e. The fraction of sp³-hybridized carbons (Fsp3) is 0.389. The fourth-order valence-corrected chi connectivity index (χ4v) is 3.83. The van der Waals surface area contributed by atoms with E-state index >= 15 is 0 Å². The number of carbonyl (C=O) groups excluding carboxylic acids is 3. The molecule has 0 unspecified atom stereocenters. The lowest BCUT2D eigenvalue weighted by Gasteiger charge is -2.30. The van der Waals surface area contributed by atoms with Crippen LogP contribution in [-0.4, -0.2) is 57.7 Å². The zero-order valence-electron chi connectivity index (χ0n) is 15.7. The Morgan fingerprint density at radius 2 is 2.00 bits per heavy atom. The van der Waals surface area contributed by atoms with E-state index in [0.29, 0.717) is 13.1 Å². The second kappa shape index (κ2) is 9.20. The van der Waals surface area contributed by atoms with E-state index in [1.54, 1.807) is 23.3 Å². The molecule has 0 saturated carbocycles. The number of aryl methyl sites for hydroxylation is 1. The lowest BCUT2D eigenvalue weighted by molar-refractivity contribution is 0.0841. The average Bonchev–Trinajstić information content (AvgIpc) is 3.39. The molecule has 2 aromatic heterocycles. The van der Waals surface area contributed by atoms with Gasteiger partial charge in [0.2, 0.25) is 0 Å². The standard InChI is InChI=1S/C18H20N6O4S/c1-3-8-28-18(27)24-6-4-12(5-7-24)17-19-14(10-29-17)16(26)23-22-15(25)13-9-11(2)20-21-13/h1,9-10,12H,4-8H2,2H3,(H,20,21)(H,22,25)(H,23,26). The Morgan fingerprint density at radius 1 is 1.31 bits per heavy atom. The van der Waals surface area contributed by atoms with Gasteiger partial charge in [-0.15, -0.1) is 17.8 Å². The van der Waals surface area contributed by atoms with Crippen LogP contribution in [0.15, 0.2) is 11.4 Å². The Bertz CT molecular complexity index is 938. The maximum absolute atomic E-state index is 12.2. The number of hydrogen-bond acceptors (Lipinski definition) is 7. The van der Waals surface area contributed by atoms with Gasteiger partial charge in [-0.2, -0.15) is 5.10 Å². The van der Waals surface area contributed by atoms with Crippen molar-refractivity contribution in [1.29, 1.82) is 0 Å². The molecule has 0 aromatic carbocycles. The van der Waals surface area contributed by atoms with E-state index in [1.165, 1.54) is 11.3 Å². The molecule has 0 atom stereocenters. The SMILES string of the molecule is C#CCOC(=O)N1CCC(c2nc(C(=O)NNC(=O)c3cc(C)[nH]n3)cs2)CC1. The highest BCUT2D eigenvalue weighted by Crippen LogP contribution is 2.30. The molecule has 11 heteroatoms. The van der Waals surface area contributed by atoms with Crippen LogP contribution in [0, 0.1) is 19.3 Å². The highest BCUT2D eigenvalue weighted by Gasteiger charge is 2.27. The third-order valence-electron chi connectivity index (χ3n) is 4.36. The summed E-state index contributed by atoms with van der Waals surface area (Å²) in [6.07, 6.45) is 6.11. The van der Waals surface area contributed by atoms with Gasteiger partial charge in [0.1, 0.15) is 5.69 Å². The first-order chi connectivity index (χ1) is 14.0. The number of hydrazine groups is 1. The fourth-order valence-electron chi connectivity index (χ4n) is 2.86. The first kappa shape index (κ1) is 20.3. The molecule has 0 spiro atoms. The van der Waals surface area contributed by atoms with Gasteiger partial charge in [0, 0.05) is 30.1 Å². The van der Waals surface area contributed by atoms with Crippen molar-refractivity contribution in [2.24, 2.45) is 0 Å². The van der Waals surface area contributed by atoms with Crippen LogP contribution < -0.4 is 10.9 Å². The van der Waals surface area contributed by atoms with E-state index in [9.17, 15) is 14.4 Å². The van der Waals surface area contributed by atoms with Gasteiger partial charge < -0.3 is 9.64 Å². The Hall–Kier alpha value is -3.39. The predicted molar refractivity (Wildman–Crippen MR) is 104 cm³/mol. The van der Waals surface area contributed by atoms with Crippen LogP contribution in [0.3, 0.4) is 0 Å². The molecule has 1 saturated heterocycles. The molecular formula is C18H20N6O4S. The molecule has 3 N–H and O–H groups in total. The molecule has 10 nitrogen and oxygen atoms in total. The number of nitrogens with zero attached hydrogens (tertiary/aromatic N) is 3. The second-order valence-electron chi connectivity index (χ2n) is 6.44. The Morgan fingerprint density at radius 3 is 2.62 bits per heavy atom. The molecule has 152 valence electrons. The molecule has 1 aliphatic heterocycles. The van der Waals surface area contributed by atoms with Gasteiger partial charge in [-0.3, -0.25) is 25.5 Å². The van der Waals surface area contributed by atoms with Gasteiger partial charge in [-0.05, 0) is 25.8 Å². The predicted octanol–water partition coefficient (Wildman–Crippen LogP) is 1.20. The molecule has 0 radical (unpaired) electrons. The van der Waals surface area contributed by atoms with Crippen LogP contribution in [0.5, 0.6) is 0 Å². The lowest BCUT2D eigenvalue weighted by Crippen LogP contribution is -2.42. The number of H-pyrrole nitrogens is 1. The normalized spacial score (nSPS) is 14.1. The van der Waals surface area contributed by atoms with Gasteiger partial charge in [0.25, 0.3) is 11.8 Å². The zero-order chi connectivity index (χ0) is 20.8. The number of hydrogen-bond donors (Lipinski definition) is 3. The van der Waals surface area contributed by atoms with Crippen molar-refractivity contribution in [2.45, 2.75) is 25.7 Å². The number of rotatable bonds is 4. The van der Waals surface area contributed by atoms with Crippen molar-refractivity contribution < 1.29 is 19.1 Å². The summed E-state index contributed by atoms with van der Waals surface area (Å²) in [5.41, 5.74) is 5.77. The van der Waals surface area contributed by atoms with E-state index in [1.807, 2.05) is 0 Å². The molecule has 1 aliphatic rings. The van der Waals surface area contributed by atoms with Gasteiger partial charge in [0.05, 0.1) is 5.01 Å². The summed E-state index contributed by atoms with van der Waals surface area (Å²) in [4.78, 5) is 42.0. The molecule has 0 aliphatic carbocycles. The van der Waals surface area contributed by atoms with Crippen molar-refractivity contribution in [2.75, 3.05) is 19.7 Å². The molecule has 1 fully saturated rings. The highest BCUT2D eigenvalue weighted by molar-refractivity contribution is 7.09. The van der Waals surface area contributed by atoms with Crippen molar-refractivity contribution in [1.82, 2.24) is 30.9 Å². The lowest BCUT2D eigenvalue weighted by atomic mass is 9.98. The molecule has 3 heterocycles. The maximum atomic E-state index is 12.2. The first-order valence-electron chi connectivity index (χ1n) is 8.91. The van der Waals surface area contributed by atoms with Gasteiger partial charge in [-0.1, -0.05) is 5.92 Å².